The van der Waals surface area contributed by atoms with E-state index in [1.807, 2.05) is 0 Å². The number of rotatable bonds is 9. The number of fused-ring (bicyclic) bond motifs is 7. The van der Waals surface area contributed by atoms with Crippen molar-refractivity contribution in [2.75, 3.05) is 19.8 Å². The highest BCUT2D eigenvalue weighted by molar-refractivity contribution is 5.80. The van der Waals surface area contributed by atoms with Crippen LogP contribution in [0.15, 0.2) is 11.6 Å². The molecule has 0 spiro atoms. The number of carbonyl (C=O) groups is 2. The Bertz CT molecular complexity index is 1880. The number of aliphatic carboxylic acids is 1. The first kappa shape index (κ1) is 51.4. The minimum absolute atomic E-state index is 0.0651. The Morgan fingerprint density at radius 2 is 1.33 bits per heavy atom. The third-order valence-corrected chi connectivity index (χ3v) is 19.0. The van der Waals surface area contributed by atoms with Gasteiger partial charge in [0.25, 0.3) is 0 Å². The summed E-state index contributed by atoms with van der Waals surface area (Å²) in [5.74, 6) is -2.89. The van der Waals surface area contributed by atoms with Gasteiger partial charge in [-0.25, -0.2) is 0 Å². The quantitative estimate of drug-likeness (QED) is 0.0735. The lowest BCUT2D eigenvalue weighted by Gasteiger charge is -2.71. The molecule has 7 fully saturated rings. The highest BCUT2D eigenvalue weighted by atomic mass is 16.7. The number of allylic oxidation sites excluding steroid dienone is 2. The van der Waals surface area contributed by atoms with Crippen LogP contribution in [0.2, 0.25) is 0 Å². The molecule has 20 nitrogen and oxygen atoms in total. The first-order valence-electron chi connectivity index (χ1n) is 24.0. The van der Waals surface area contributed by atoms with E-state index in [1.165, 1.54) is 0 Å². The van der Waals surface area contributed by atoms with Crippen molar-refractivity contribution in [1.29, 1.82) is 0 Å². The summed E-state index contributed by atoms with van der Waals surface area (Å²) in [6, 6.07) is 0. The van der Waals surface area contributed by atoms with Gasteiger partial charge in [0.05, 0.1) is 37.4 Å². The fraction of sp³-hybridized carbons (Fsp3) is 0.915. The van der Waals surface area contributed by atoms with Gasteiger partial charge in [-0.2, -0.15) is 0 Å². The molecule has 5 aliphatic carbocycles. The van der Waals surface area contributed by atoms with Crippen LogP contribution in [0, 0.1) is 50.2 Å². The van der Waals surface area contributed by atoms with E-state index >= 15 is 0 Å². The number of aliphatic hydroxyl groups is 11. The summed E-state index contributed by atoms with van der Waals surface area (Å²) in [6.07, 6.45) is -18.7. The summed E-state index contributed by atoms with van der Waals surface area (Å²) >= 11 is 0. The van der Waals surface area contributed by atoms with E-state index in [2.05, 4.69) is 40.7 Å². The minimum atomic E-state index is -1.93. The Labute approximate surface area is 389 Å². The number of carboxylic acid groups (broad SMARTS) is 1. The van der Waals surface area contributed by atoms with Gasteiger partial charge in [0.1, 0.15) is 72.6 Å². The molecule has 0 aromatic rings. The number of ether oxygens (including phenoxy) is 6. The van der Waals surface area contributed by atoms with Crippen molar-refractivity contribution >= 4 is 11.9 Å². The van der Waals surface area contributed by atoms with Crippen LogP contribution in [0.4, 0.5) is 0 Å². The maximum Gasteiger partial charge on any atom is 0.317 e. The van der Waals surface area contributed by atoms with Gasteiger partial charge in [-0.05, 0) is 104 Å². The van der Waals surface area contributed by atoms with Crippen molar-refractivity contribution in [3.63, 3.8) is 0 Å². The van der Waals surface area contributed by atoms with Gasteiger partial charge in [0.15, 0.2) is 12.6 Å². The second-order valence-corrected chi connectivity index (χ2v) is 22.9. The summed E-state index contributed by atoms with van der Waals surface area (Å²) in [5.41, 5.74) is -3.91. The lowest BCUT2D eigenvalue weighted by molar-refractivity contribution is -0.329. The molecule has 12 N–H and O–H groups in total. The van der Waals surface area contributed by atoms with Crippen LogP contribution in [0.5, 0.6) is 0 Å². The summed E-state index contributed by atoms with van der Waals surface area (Å²) < 4.78 is 34.7. The van der Waals surface area contributed by atoms with Crippen molar-refractivity contribution in [2.24, 2.45) is 50.2 Å². The summed E-state index contributed by atoms with van der Waals surface area (Å²) in [6.45, 7) is 10.8. The maximum absolute atomic E-state index is 15.0. The zero-order valence-corrected chi connectivity index (χ0v) is 39.2. The molecule has 8 aliphatic rings. The van der Waals surface area contributed by atoms with E-state index in [0.29, 0.717) is 44.9 Å². The van der Waals surface area contributed by atoms with E-state index in [4.69, 9.17) is 28.4 Å². The van der Waals surface area contributed by atoms with Gasteiger partial charge in [-0.3, -0.25) is 9.59 Å². The molecule has 20 heteroatoms. The van der Waals surface area contributed by atoms with Gasteiger partial charge < -0.3 is 89.7 Å². The Morgan fingerprint density at radius 3 is 1.99 bits per heavy atom. The van der Waals surface area contributed by atoms with Crippen molar-refractivity contribution < 1.29 is 99.3 Å². The zero-order chi connectivity index (χ0) is 49.1. The average molecular weight is 959 g/mol. The van der Waals surface area contributed by atoms with E-state index in [0.717, 1.165) is 5.57 Å². The maximum atomic E-state index is 15.0. The number of esters is 1. The standard InChI is InChI=1S/C47H74O20/c1-42(2)13-14-47(41(61)67-39-36(58)33(55)31(53)24(65-39)19-63-37-35(57)32(54)30(52)23(17-48)64-37)21(15-42)20-7-8-25-43(3)11-10-28(66-38-34(56)29(51)22(49)18-62-38)46(6,40(59)60)26(43)9-12-44(25,4)45(20,5)16-27(47)50/h7,21-39,48-58H,8-19H2,1-6H3,(H,59,60). The lowest BCUT2D eigenvalue weighted by Crippen LogP contribution is -2.69. The SMILES string of the molecule is CC1(C)CCC2(C(=O)OC3OC(COC4OC(CO)C(O)C(O)C4O)C(O)C(O)C3O)C(O)CC3(C)C(=CCC4C5(C)CCC(OC6OCC(O)C(O)C6O)C(C)(C(=O)O)C5CCC43C)C2C1. The first-order chi connectivity index (χ1) is 31.2. The second kappa shape index (κ2) is 18.0. The smallest absolute Gasteiger partial charge is 0.317 e. The molecule has 24 unspecified atom stereocenters. The van der Waals surface area contributed by atoms with Crippen LogP contribution < -0.4 is 0 Å². The number of hydrogen-bond acceptors (Lipinski definition) is 19. The Kier molecular flexibility index (Phi) is 13.8. The molecule has 4 saturated carbocycles. The normalized spacial score (nSPS) is 54.0. The molecule has 3 heterocycles. The fourth-order valence-electron chi connectivity index (χ4n) is 14.7. The van der Waals surface area contributed by atoms with Gasteiger partial charge in [-0.1, -0.05) is 46.3 Å². The van der Waals surface area contributed by atoms with Crippen LogP contribution in [0.25, 0.3) is 0 Å². The molecular weight excluding hydrogens is 884 g/mol. The Morgan fingerprint density at radius 1 is 0.701 bits per heavy atom. The number of hydrogen-bond donors (Lipinski definition) is 12. The van der Waals surface area contributed by atoms with E-state index < -0.39 is 156 Å². The highest BCUT2D eigenvalue weighted by Gasteiger charge is 2.73. The topological polar surface area (TPSA) is 332 Å². The minimum Gasteiger partial charge on any atom is -0.481 e. The molecule has 0 aromatic carbocycles. The van der Waals surface area contributed by atoms with Crippen LogP contribution in [-0.2, 0) is 38.0 Å². The molecule has 3 saturated heterocycles. The first-order valence-corrected chi connectivity index (χ1v) is 24.0. The predicted molar refractivity (Wildman–Crippen MR) is 228 cm³/mol. The molecule has 0 radical (unpaired) electrons. The molecule has 0 bridgehead atoms. The van der Waals surface area contributed by atoms with Crippen LogP contribution in [0.1, 0.15) is 99.3 Å². The second-order valence-electron chi connectivity index (χ2n) is 22.9. The third-order valence-electron chi connectivity index (χ3n) is 19.0. The van der Waals surface area contributed by atoms with Crippen molar-refractivity contribution in [3.8, 4) is 0 Å². The Hall–Kier alpha value is -1.96. The fourth-order valence-corrected chi connectivity index (χ4v) is 14.7. The third kappa shape index (κ3) is 7.86. The lowest BCUT2D eigenvalue weighted by atomic mass is 9.33. The van der Waals surface area contributed by atoms with Crippen molar-refractivity contribution in [1.82, 2.24) is 0 Å². The van der Waals surface area contributed by atoms with Gasteiger partial charge in [0.2, 0.25) is 6.29 Å². The van der Waals surface area contributed by atoms with Gasteiger partial charge in [-0.15, -0.1) is 0 Å². The molecule has 8 rings (SSSR count). The summed E-state index contributed by atoms with van der Waals surface area (Å²) in [5, 5.41) is 128. The highest BCUT2D eigenvalue weighted by Crippen LogP contribution is 2.76. The average Bonchev–Trinajstić information content (AvgIpc) is 3.26. The number of aliphatic hydroxyl groups excluding tert-OH is 11. The van der Waals surface area contributed by atoms with Crippen LogP contribution >= 0.6 is 0 Å². The van der Waals surface area contributed by atoms with E-state index in [1.54, 1.807) is 6.92 Å². The van der Waals surface area contributed by atoms with Crippen LogP contribution in [-0.4, -0.2) is 191 Å². The monoisotopic (exact) mass is 958 g/mol. The van der Waals surface area contributed by atoms with Crippen molar-refractivity contribution in [2.45, 2.75) is 198 Å². The Balaban J connectivity index is 1.05. The molecule has 0 aromatic heterocycles. The molecular formula is C47H74O20. The molecule has 382 valence electrons. The predicted octanol–water partition coefficient (Wildman–Crippen LogP) is -1.18. The largest absolute Gasteiger partial charge is 0.481 e. The summed E-state index contributed by atoms with van der Waals surface area (Å²) in [7, 11) is 0. The molecule has 0 amide bonds. The van der Waals surface area contributed by atoms with E-state index in [9.17, 15) is 70.9 Å². The van der Waals surface area contributed by atoms with Crippen LogP contribution in [0.3, 0.4) is 0 Å². The number of carbonyl (C=O) groups excluding carboxylic acids is 1. The summed E-state index contributed by atoms with van der Waals surface area (Å²) in [4.78, 5) is 28.5. The van der Waals surface area contributed by atoms with Crippen molar-refractivity contribution in [3.05, 3.63) is 11.6 Å². The van der Waals surface area contributed by atoms with E-state index in [-0.39, 0.29) is 36.7 Å². The molecule has 67 heavy (non-hydrogen) atoms. The molecule has 3 aliphatic heterocycles. The molecule has 24 atom stereocenters. The number of carboxylic acids is 1. The van der Waals surface area contributed by atoms with Gasteiger partial charge in [0, 0.05) is 0 Å². The zero-order valence-electron chi connectivity index (χ0n) is 39.2. The van der Waals surface area contributed by atoms with Gasteiger partial charge >= 0.3 is 11.9 Å².